The van der Waals surface area contributed by atoms with Gasteiger partial charge in [0.15, 0.2) is 0 Å². The lowest BCUT2D eigenvalue weighted by molar-refractivity contribution is -0.384. The zero-order chi connectivity index (χ0) is 16.2. The Balaban J connectivity index is 3.20. The fourth-order valence-electron chi connectivity index (χ4n) is 1.72. The van der Waals surface area contributed by atoms with Gasteiger partial charge in [0.1, 0.15) is 5.69 Å². The minimum absolute atomic E-state index is 0.0256. The van der Waals surface area contributed by atoms with Gasteiger partial charge in [0.25, 0.3) is 11.6 Å². The minimum atomic E-state index is -1.04. The molecule has 0 aliphatic rings. The highest BCUT2D eigenvalue weighted by atomic mass is 35.5. The fraction of sp³-hybridized carbons (Fsp3) is 0.333. The first-order valence-electron chi connectivity index (χ1n) is 5.94. The van der Waals surface area contributed by atoms with E-state index in [2.05, 4.69) is 10.6 Å². The summed E-state index contributed by atoms with van der Waals surface area (Å²) in [6, 6.07) is 1.75. The lowest BCUT2D eigenvalue weighted by Crippen LogP contribution is -2.21. The van der Waals surface area contributed by atoms with Crippen LogP contribution in [0.25, 0.3) is 0 Å². The van der Waals surface area contributed by atoms with E-state index < -0.39 is 22.8 Å². The van der Waals surface area contributed by atoms with Crippen molar-refractivity contribution >= 4 is 34.9 Å². The number of hydrogen-bond acceptors (Lipinski definition) is 5. The van der Waals surface area contributed by atoms with E-state index in [-0.39, 0.29) is 28.4 Å². The zero-order valence-electron chi connectivity index (χ0n) is 11.3. The molecule has 3 N–H and O–H groups in total. The van der Waals surface area contributed by atoms with Gasteiger partial charge >= 0.3 is 5.97 Å². The average Bonchev–Trinajstić information content (AvgIpc) is 2.36. The second-order valence-corrected chi connectivity index (χ2v) is 4.74. The van der Waals surface area contributed by atoms with E-state index >= 15 is 0 Å². The summed E-state index contributed by atoms with van der Waals surface area (Å²) in [7, 11) is 1.38. The van der Waals surface area contributed by atoms with Crippen LogP contribution in [0.4, 0.5) is 11.4 Å². The quantitative estimate of drug-likeness (QED) is 0.544. The van der Waals surface area contributed by atoms with E-state index in [0.717, 1.165) is 6.07 Å². The van der Waals surface area contributed by atoms with Crippen molar-refractivity contribution in [3.05, 3.63) is 32.8 Å². The number of anilines is 1. The Morgan fingerprint density at radius 3 is 2.57 bits per heavy atom. The number of amides is 1. The molecule has 0 heterocycles. The summed E-state index contributed by atoms with van der Waals surface area (Å²) >= 11 is 5.93. The van der Waals surface area contributed by atoms with Gasteiger partial charge in [-0.05, 0) is 13.0 Å². The number of nitro benzene ring substituents is 1. The van der Waals surface area contributed by atoms with Gasteiger partial charge in [0.05, 0.1) is 21.9 Å². The Morgan fingerprint density at radius 1 is 1.48 bits per heavy atom. The molecule has 0 aromatic heterocycles. The summed E-state index contributed by atoms with van der Waals surface area (Å²) < 4.78 is 0. The van der Waals surface area contributed by atoms with Crippen LogP contribution in [0, 0.1) is 10.1 Å². The molecule has 1 aromatic rings. The predicted molar refractivity (Wildman–Crippen MR) is 76.8 cm³/mol. The topological polar surface area (TPSA) is 122 Å². The molecule has 0 saturated heterocycles. The summed E-state index contributed by atoms with van der Waals surface area (Å²) in [6.45, 7) is 1.57. The molecule has 1 aromatic carbocycles. The molecule has 1 amide bonds. The number of nitrogens with zero attached hydrogens (tertiary/aromatic N) is 1. The molecule has 114 valence electrons. The monoisotopic (exact) mass is 315 g/mol. The first kappa shape index (κ1) is 16.7. The smallest absolute Gasteiger partial charge is 0.305 e. The van der Waals surface area contributed by atoms with E-state index in [1.807, 2.05) is 0 Å². The molecule has 0 aliphatic heterocycles. The van der Waals surface area contributed by atoms with Crippen LogP contribution in [0.15, 0.2) is 12.1 Å². The zero-order valence-corrected chi connectivity index (χ0v) is 12.1. The van der Waals surface area contributed by atoms with Crippen molar-refractivity contribution in [1.82, 2.24) is 5.32 Å². The highest BCUT2D eigenvalue weighted by molar-refractivity contribution is 6.34. The third-order valence-corrected chi connectivity index (χ3v) is 2.95. The van der Waals surface area contributed by atoms with Crippen molar-refractivity contribution in [2.75, 3.05) is 12.4 Å². The van der Waals surface area contributed by atoms with Gasteiger partial charge in [0.2, 0.25) is 0 Å². The van der Waals surface area contributed by atoms with E-state index in [4.69, 9.17) is 16.7 Å². The molecule has 1 atom stereocenters. The molecule has 9 heteroatoms. The lowest BCUT2D eigenvalue weighted by Gasteiger charge is -2.14. The van der Waals surface area contributed by atoms with E-state index in [0.29, 0.717) is 0 Å². The Hall–Kier alpha value is -2.35. The number of rotatable bonds is 6. The summed E-state index contributed by atoms with van der Waals surface area (Å²) in [5.41, 5.74) is -0.316. The van der Waals surface area contributed by atoms with Crippen LogP contribution in [0.1, 0.15) is 23.7 Å². The molecule has 0 aliphatic carbocycles. The molecular formula is C12H14ClN3O5. The Morgan fingerprint density at radius 2 is 2.10 bits per heavy atom. The largest absolute Gasteiger partial charge is 0.481 e. The van der Waals surface area contributed by atoms with Crippen LogP contribution in [-0.4, -0.2) is 35.0 Å². The van der Waals surface area contributed by atoms with Crippen molar-refractivity contribution in [2.45, 2.75) is 19.4 Å². The predicted octanol–water partition coefficient (Wildman–Crippen LogP) is 1.88. The summed E-state index contributed by atoms with van der Waals surface area (Å²) in [4.78, 5) is 32.6. The molecule has 0 spiro atoms. The first-order chi connectivity index (χ1) is 9.76. The number of aliphatic carboxylic acids is 1. The molecule has 1 unspecified atom stereocenters. The number of hydrogen-bond donors (Lipinski definition) is 3. The average molecular weight is 316 g/mol. The second kappa shape index (κ2) is 6.89. The Labute approximate surface area is 125 Å². The summed E-state index contributed by atoms with van der Waals surface area (Å²) in [5.74, 6) is -1.58. The van der Waals surface area contributed by atoms with Crippen LogP contribution in [0.3, 0.4) is 0 Å². The summed E-state index contributed by atoms with van der Waals surface area (Å²) in [5, 5.41) is 24.8. The van der Waals surface area contributed by atoms with Gasteiger partial charge in [-0.2, -0.15) is 0 Å². The fourth-order valence-corrected chi connectivity index (χ4v) is 1.97. The first-order valence-corrected chi connectivity index (χ1v) is 6.32. The van der Waals surface area contributed by atoms with Crippen LogP contribution < -0.4 is 10.6 Å². The van der Waals surface area contributed by atoms with Gasteiger partial charge in [-0.1, -0.05) is 11.6 Å². The van der Waals surface area contributed by atoms with Crippen LogP contribution in [-0.2, 0) is 4.79 Å². The van der Waals surface area contributed by atoms with Gasteiger partial charge < -0.3 is 15.7 Å². The van der Waals surface area contributed by atoms with Crippen molar-refractivity contribution < 1.29 is 19.6 Å². The Bertz CT molecular complexity index is 591. The van der Waals surface area contributed by atoms with Crippen LogP contribution in [0.5, 0.6) is 0 Å². The van der Waals surface area contributed by atoms with Crippen molar-refractivity contribution in [3.63, 3.8) is 0 Å². The molecular weight excluding hydrogens is 302 g/mol. The highest BCUT2D eigenvalue weighted by Gasteiger charge is 2.22. The number of carboxylic acids is 1. The van der Waals surface area contributed by atoms with Gasteiger partial charge in [0, 0.05) is 19.2 Å². The number of carbonyl (C=O) groups is 2. The summed E-state index contributed by atoms with van der Waals surface area (Å²) in [6.07, 6.45) is -0.216. The van der Waals surface area contributed by atoms with Gasteiger partial charge in [-0.25, -0.2) is 0 Å². The number of carbonyl (C=O) groups excluding carboxylic acids is 1. The van der Waals surface area contributed by atoms with E-state index in [9.17, 15) is 19.7 Å². The van der Waals surface area contributed by atoms with Crippen LogP contribution >= 0.6 is 11.6 Å². The third-order valence-electron chi connectivity index (χ3n) is 2.64. The van der Waals surface area contributed by atoms with Crippen molar-refractivity contribution in [2.24, 2.45) is 0 Å². The maximum Gasteiger partial charge on any atom is 0.305 e. The maximum absolute atomic E-state index is 11.6. The molecule has 21 heavy (non-hydrogen) atoms. The molecule has 0 bridgehead atoms. The number of halogens is 1. The number of nitrogens with one attached hydrogen (secondary N) is 2. The molecule has 0 saturated carbocycles. The number of nitro groups is 1. The highest BCUT2D eigenvalue weighted by Crippen LogP contribution is 2.32. The second-order valence-electron chi connectivity index (χ2n) is 4.33. The standard InChI is InChI=1S/C12H14ClN3O5/c1-6(3-11(17)18)15-9-5-8(13)7(12(19)14-2)4-10(9)16(20)21/h4-6,15H,3H2,1-2H3,(H,14,19)(H,17,18). The molecule has 0 fully saturated rings. The van der Waals surface area contributed by atoms with Crippen molar-refractivity contribution in [1.29, 1.82) is 0 Å². The molecule has 0 radical (unpaired) electrons. The lowest BCUT2D eigenvalue weighted by atomic mass is 10.1. The molecule has 8 nitrogen and oxygen atoms in total. The SMILES string of the molecule is CNC(=O)c1cc([N+](=O)[O-])c(NC(C)CC(=O)O)cc1Cl. The van der Waals surface area contributed by atoms with E-state index in [1.54, 1.807) is 6.92 Å². The maximum atomic E-state index is 11.6. The normalized spacial score (nSPS) is 11.6. The van der Waals surface area contributed by atoms with E-state index in [1.165, 1.54) is 13.1 Å². The minimum Gasteiger partial charge on any atom is -0.481 e. The number of carboxylic acid groups (broad SMARTS) is 1. The van der Waals surface area contributed by atoms with Crippen LogP contribution in [0.2, 0.25) is 5.02 Å². The Kier molecular flexibility index (Phi) is 5.48. The van der Waals surface area contributed by atoms with Gasteiger partial charge in [-0.15, -0.1) is 0 Å². The molecule has 1 rings (SSSR count). The van der Waals surface area contributed by atoms with Crippen molar-refractivity contribution in [3.8, 4) is 0 Å². The number of benzene rings is 1. The third kappa shape index (κ3) is 4.32. The van der Waals surface area contributed by atoms with Gasteiger partial charge in [-0.3, -0.25) is 19.7 Å².